The first-order chi connectivity index (χ1) is 15.7. The van der Waals surface area contributed by atoms with Crippen LogP contribution in [0.3, 0.4) is 0 Å². The van der Waals surface area contributed by atoms with Gasteiger partial charge >= 0.3 is 0 Å². The van der Waals surface area contributed by atoms with Gasteiger partial charge in [-0.2, -0.15) is 0 Å². The summed E-state index contributed by atoms with van der Waals surface area (Å²) in [6.45, 7) is 1.61. The van der Waals surface area contributed by atoms with E-state index in [0.29, 0.717) is 16.7 Å². The van der Waals surface area contributed by atoms with Crippen LogP contribution >= 0.6 is 0 Å². The maximum atomic E-state index is 13.7. The maximum absolute atomic E-state index is 13.7. The maximum Gasteiger partial charge on any atom is 0.197 e. The lowest BCUT2D eigenvalue weighted by molar-refractivity contribution is 0.0993. The molecular formula is C28H24N2O2. The van der Waals surface area contributed by atoms with Gasteiger partial charge in [0.2, 0.25) is 0 Å². The Balaban J connectivity index is 1.72. The van der Waals surface area contributed by atoms with Crippen LogP contribution in [0.25, 0.3) is 11.3 Å². The second kappa shape index (κ2) is 8.67. The largest absolute Gasteiger partial charge is 0.371 e. The number of rotatable bonds is 6. The topological polar surface area (TPSA) is 51.1 Å². The second-order valence-electron chi connectivity index (χ2n) is 8.01. The molecular weight excluding hydrogens is 396 g/mol. The van der Waals surface area contributed by atoms with Crippen molar-refractivity contribution in [2.75, 3.05) is 11.9 Å². The summed E-state index contributed by atoms with van der Waals surface area (Å²) in [6.07, 6.45) is 1.14. The van der Waals surface area contributed by atoms with Crippen LogP contribution in [0, 0.1) is 0 Å². The summed E-state index contributed by atoms with van der Waals surface area (Å²) in [4.78, 5) is 27.0. The van der Waals surface area contributed by atoms with Crippen molar-refractivity contribution in [1.82, 2.24) is 4.57 Å². The molecule has 0 bridgehead atoms. The van der Waals surface area contributed by atoms with E-state index in [1.165, 1.54) is 0 Å². The third-order valence-electron chi connectivity index (χ3n) is 5.96. The SMILES string of the molecule is O=C(Cc1c(C(=O)c2ccccc2)c2n(c1-c1ccccc1)CCCN2)c1ccccc1. The van der Waals surface area contributed by atoms with E-state index in [0.717, 1.165) is 42.1 Å². The molecule has 0 atom stereocenters. The molecule has 0 fully saturated rings. The van der Waals surface area contributed by atoms with E-state index in [9.17, 15) is 9.59 Å². The third kappa shape index (κ3) is 3.65. The quantitative estimate of drug-likeness (QED) is 0.412. The fraction of sp³-hybridized carbons (Fsp3) is 0.143. The van der Waals surface area contributed by atoms with E-state index in [2.05, 4.69) is 9.88 Å². The molecule has 0 radical (unpaired) electrons. The van der Waals surface area contributed by atoms with Gasteiger partial charge in [0.1, 0.15) is 5.82 Å². The molecule has 4 aromatic rings. The monoisotopic (exact) mass is 420 g/mol. The Labute approximate surface area is 187 Å². The normalized spacial score (nSPS) is 12.6. The summed E-state index contributed by atoms with van der Waals surface area (Å²) >= 11 is 0. The Bertz CT molecular complexity index is 1260. The van der Waals surface area contributed by atoms with Gasteiger partial charge in [-0.15, -0.1) is 0 Å². The molecule has 0 spiro atoms. The van der Waals surface area contributed by atoms with Gasteiger partial charge in [0.15, 0.2) is 11.6 Å². The molecule has 0 saturated heterocycles. The van der Waals surface area contributed by atoms with Crippen LogP contribution in [0.5, 0.6) is 0 Å². The number of nitrogens with zero attached hydrogens (tertiary/aromatic N) is 1. The van der Waals surface area contributed by atoms with E-state index in [4.69, 9.17) is 0 Å². The first-order valence-corrected chi connectivity index (χ1v) is 11.0. The molecule has 0 saturated carbocycles. The van der Waals surface area contributed by atoms with Gasteiger partial charge in [0, 0.05) is 30.6 Å². The summed E-state index contributed by atoms with van der Waals surface area (Å²) in [6, 6.07) is 28.7. The highest BCUT2D eigenvalue weighted by Crippen LogP contribution is 2.39. The van der Waals surface area contributed by atoms with Crippen LogP contribution in [0.4, 0.5) is 5.82 Å². The highest BCUT2D eigenvalue weighted by atomic mass is 16.1. The van der Waals surface area contributed by atoms with Gasteiger partial charge in [0.05, 0.1) is 11.3 Å². The summed E-state index contributed by atoms with van der Waals surface area (Å²) in [5, 5.41) is 3.46. The van der Waals surface area contributed by atoms with Crippen molar-refractivity contribution in [3.8, 4) is 11.3 Å². The molecule has 5 rings (SSSR count). The molecule has 1 N–H and O–H groups in total. The van der Waals surface area contributed by atoms with Crippen molar-refractivity contribution in [2.45, 2.75) is 19.4 Å². The summed E-state index contributed by atoms with van der Waals surface area (Å²) in [5.74, 6) is 0.773. The van der Waals surface area contributed by atoms with E-state index in [1.807, 2.05) is 91.0 Å². The number of fused-ring (bicyclic) bond motifs is 1. The number of carbonyl (C=O) groups excluding carboxylic acids is 2. The van der Waals surface area contributed by atoms with Gasteiger partial charge in [-0.3, -0.25) is 9.59 Å². The zero-order valence-corrected chi connectivity index (χ0v) is 17.8. The van der Waals surface area contributed by atoms with Crippen molar-refractivity contribution in [1.29, 1.82) is 0 Å². The van der Waals surface area contributed by atoms with Crippen LogP contribution < -0.4 is 5.32 Å². The zero-order valence-electron chi connectivity index (χ0n) is 17.8. The number of benzene rings is 3. The number of Topliss-reactive ketones (excluding diaryl/α,β-unsaturated/α-hetero) is 1. The minimum absolute atomic E-state index is 0.00726. The molecule has 0 unspecified atom stereocenters. The Kier molecular flexibility index (Phi) is 5.42. The highest BCUT2D eigenvalue weighted by Gasteiger charge is 2.31. The first-order valence-electron chi connectivity index (χ1n) is 11.0. The van der Waals surface area contributed by atoms with Crippen LogP contribution in [-0.2, 0) is 13.0 Å². The van der Waals surface area contributed by atoms with E-state index < -0.39 is 0 Å². The van der Waals surface area contributed by atoms with Crippen molar-refractivity contribution in [3.63, 3.8) is 0 Å². The number of anilines is 1. The average molecular weight is 421 g/mol. The molecule has 3 aromatic carbocycles. The number of ketones is 2. The molecule has 1 aliphatic heterocycles. The Morgan fingerprint density at radius 1 is 0.781 bits per heavy atom. The van der Waals surface area contributed by atoms with E-state index >= 15 is 0 Å². The summed E-state index contributed by atoms with van der Waals surface area (Å²) in [7, 11) is 0. The number of carbonyl (C=O) groups is 2. The van der Waals surface area contributed by atoms with Gasteiger partial charge in [-0.05, 0) is 17.5 Å². The molecule has 1 aromatic heterocycles. The zero-order chi connectivity index (χ0) is 21.9. The highest BCUT2D eigenvalue weighted by molar-refractivity contribution is 6.15. The molecule has 158 valence electrons. The number of nitrogens with one attached hydrogen (secondary N) is 1. The van der Waals surface area contributed by atoms with Crippen LogP contribution in [0.2, 0.25) is 0 Å². The molecule has 0 amide bonds. The lowest BCUT2D eigenvalue weighted by Crippen LogP contribution is -2.19. The van der Waals surface area contributed by atoms with Crippen molar-refractivity contribution < 1.29 is 9.59 Å². The standard InChI is InChI=1S/C28H24N2O2/c31-24(20-11-4-1-5-12-20)19-23-25(27(32)22-15-8-3-9-16-22)28-29-17-10-18-30(28)26(23)21-13-6-2-7-14-21/h1-9,11-16,29H,10,17-19H2. The lowest BCUT2D eigenvalue weighted by atomic mass is 9.93. The molecule has 4 heteroatoms. The molecule has 2 heterocycles. The third-order valence-corrected chi connectivity index (χ3v) is 5.96. The number of hydrogen-bond acceptors (Lipinski definition) is 3. The summed E-state index contributed by atoms with van der Waals surface area (Å²) < 4.78 is 2.18. The van der Waals surface area contributed by atoms with Gasteiger partial charge in [-0.1, -0.05) is 91.0 Å². The van der Waals surface area contributed by atoms with Crippen LogP contribution in [0.1, 0.15) is 38.3 Å². The second-order valence-corrected chi connectivity index (χ2v) is 8.01. The van der Waals surface area contributed by atoms with E-state index in [1.54, 1.807) is 0 Å². The van der Waals surface area contributed by atoms with E-state index in [-0.39, 0.29) is 18.0 Å². The van der Waals surface area contributed by atoms with Crippen LogP contribution in [0.15, 0.2) is 91.0 Å². The van der Waals surface area contributed by atoms with Gasteiger partial charge < -0.3 is 9.88 Å². The van der Waals surface area contributed by atoms with Gasteiger partial charge in [-0.25, -0.2) is 0 Å². The number of hydrogen-bond donors (Lipinski definition) is 1. The minimum Gasteiger partial charge on any atom is -0.371 e. The fourth-order valence-corrected chi connectivity index (χ4v) is 4.49. The first kappa shape index (κ1) is 20.0. The van der Waals surface area contributed by atoms with Crippen molar-refractivity contribution >= 4 is 17.4 Å². The molecule has 1 aliphatic rings. The average Bonchev–Trinajstić information content (AvgIpc) is 3.18. The molecule has 4 nitrogen and oxygen atoms in total. The smallest absolute Gasteiger partial charge is 0.197 e. The Hall–Kier alpha value is -3.92. The Morgan fingerprint density at radius 3 is 2.03 bits per heavy atom. The fourth-order valence-electron chi connectivity index (χ4n) is 4.49. The predicted molar refractivity (Wildman–Crippen MR) is 127 cm³/mol. The minimum atomic E-state index is -0.0539. The van der Waals surface area contributed by atoms with Gasteiger partial charge in [0.25, 0.3) is 0 Å². The lowest BCUT2D eigenvalue weighted by Gasteiger charge is -2.20. The Morgan fingerprint density at radius 2 is 1.38 bits per heavy atom. The van der Waals surface area contributed by atoms with Crippen molar-refractivity contribution in [3.05, 3.63) is 113 Å². The summed E-state index contributed by atoms with van der Waals surface area (Å²) in [5.41, 5.74) is 4.65. The molecule has 0 aliphatic carbocycles. The molecule has 32 heavy (non-hydrogen) atoms. The number of aromatic nitrogens is 1. The van der Waals surface area contributed by atoms with Crippen LogP contribution in [-0.4, -0.2) is 22.7 Å². The van der Waals surface area contributed by atoms with Crippen molar-refractivity contribution in [2.24, 2.45) is 0 Å². The predicted octanol–water partition coefficient (Wildman–Crippen LogP) is 5.63.